The summed E-state index contributed by atoms with van der Waals surface area (Å²) in [4.78, 5) is 8.70. The van der Waals surface area contributed by atoms with E-state index in [1.807, 2.05) is 24.3 Å². The van der Waals surface area contributed by atoms with Crippen molar-refractivity contribution in [2.45, 2.75) is 0 Å². The third kappa shape index (κ3) is 1.32. The van der Waals surface area contributed by atoms with Crippen LogP contribution in [0.5, 0.6) is 0 Å². The molecule has 3 aromatic rings. The molecule has 0 unspecified atom stereocenters. The first-order valence-corrected chi connectivity index (χ1v) is 5.92. The van der Waals surface area contributed by atoms with Crippen LogP contribution < -0.4 is 0 Å². The van der Waals surface area contributed by atoms with Gasteiger partial charge in [-0.3, -0.25) is 9.97 Å². The second kappa shape index (κ2) is 3.68. The minimum Gasteiger partial charge on any atom is -0.254 e. The Morgan fingerprint density at radius 1 is 0.938 bits per heavy atom. The summed E-state index contributed by atoms with van der Waals surface area (Å²) in [7, 11) is 0. The van der Waals surface area contributed by atoms with Crippen LogP contribution in [-0.4, -0.2) is 9.97 Å². The summed E-state index contributed by atoms with van der Waals surface area (Å²) in [5.41, 5.74) is 1.71. The van der Waals surface area contributed by atoms with E-state index in [1.54, 1.807) is 12.4 Å². The lowest BCUT2D eigenvalue weighted by Crippen LogP contribution is -1.87. The number of nitrogens with zero attached hydrogens (tertiary/aromatic N) is 2. The molecule has 0 aliphatic rings. The zero-order chi connectivity index (χ0) is 11.1. The fourth-order valence-electron chi connectivity index (χ4n) is 1.78. The van der Waals surface area contributed by atoms with Crippen LogP contribution in [0, 0.1) is 0 Å². The summed E-state index contributed by atoms with van der Waals surface area (Å²) < 4.78 is 0.873. The molecule has 0 aliphatic carbocycles. The van der Waals surface area contributed by atoms with E-state index in [4.69, 9.17) is 11.6 Å². The molecule has 1 aromatic carbocycles. The highest BCUT2D eigenvalue weighted by atomic mass is 79.9. The lowest BCUT2D eigenvalue weighted by atomic mass is 10.1. The molecule has 16 heavy (non-hydrogen) atoms. The van der Waals surface area contributed by atoms with E-state index in [0.717, 1.165) is 26.3 Å². The van der Waals surface area contributed by atoms with Gasteiger partial charge in [-0.05, 0) is 34.1 Å². The third-order valence-electron chi connectivity index (χ3n) is 2.51. The van der Waals surface area contributed by atoms with E-state index >= 15 is 0 Å². The molecule has 78 valence electrons. The molecular formula is C12H6BrClN2. The van der Waals surface area contributed by atoms with Gasteiger partial charge in [-0.15, -0.1) is 0 Å². The molecule has 0 atom stereocenters. The topological polar surface area (TPSA) is 25.8 Å². The van der Waals surface area contributed by atoms with Gasteiger partial charge in [-0.1, -0.05) is 17.7 Å². The van der Waals surface area contributed by atoms with Crippen molar-refractivity contribution in [1.29, 1.82) is 0 Å². The number of pyridine rings is 2. The molecule has 3 rings (SSSR count). The molecule has 0 fully saturated rings. The van der Waals surface area contributed by atoms with Crippen molar-refractivity contribution in [3.63, 3.8) is 0 Å². The maximum atomic E-state index is 6.29. The van der Waals surface area contributed by atoms with Crippen LogP contribution in [0.1, 0.15) is 0 Å². The van der Waals surface area contributed by atoms with Gasteiger partial charge >= 0.3 is 0 Å². The van der Waals surface area contributed by atoms with Crippen LogP contribution in [-0.2, 0) is 0 Å². The quantitative estimate of drug-likeness (QED) is 0.581. The van der Waals surface area contributed by atoms with Gasteiger partial charge < -0.3 is 0 Å². The van der Waals surface area contributed by atoms with Gasteiger partial charge in [0.05, 0.1) is 16.1 Å². The Morgan fingerprint density at radius 3 is 2.19 bits per heavy atom. The summed E-state index contributed by atoms with van der Waals surface area (Å²) in [5, 5.41) is 2.59. The van der Waals surface area contributed by atoms with Crippen molar-refractivity contribution in [3.05, 3.63) is 46.2 Å². The zero-order valence-electron chi connectivity index (χ0n) is 8.11. The second-order valence-electron chi connectivity index (χ2n) is 3.43. The highest BCUT2D eigenvalue weighted by Crippen LogP contribution is 2.37. The molecule has 0 spiro atoms. The predicted molar refractivity (Wildman–Crippen MR) is 69.8 cm³/mol. The first-order chi connectivity index (χ1) is 7.79. The average molecular weight is 294 g/mol. The van der Waals surface area contributed by atoms with Crippen molar-refractivity contribution < 1.29 is 0 Å². The first kappa shape index (κ1) is 10.00. The molecule has 2 aromatic heterocycles. The first-order valence-electron chi connectivity index (χ1n) is 4.75. The van der Waals surface area contributed by atoms with Crippen molar-refractivity contribution in [2.75, 3.05) is 0 Å². The summed E-state index contributed by atoms with van der Waals surface area (Å²) in [6.07, 6.45) is 3.51. The Kier molecular flexibility index (Phi) is 2.30. The van der Waals surface area contributed by atoms with Crippen LogP contribution in [0.3, 0.4) is 0 Å². The van der Waals surface area contributed by atoms with E-state index in [-0.39, 0.29) is 0 Å². The van der Waals surface area contributed by atoms with E-state index < -0.39 is 0 Å². The summed E-state index contributed by atoms with van der Waals surface area (Å²) in [6.45, 7) is 0. The SMILES string of the molecule is Clc1c(Br)c2cccnc2c2ncccc12. The summed E-state index contributed by atoms with van der Waals surface area (Å²) >= 11 is 9.79. The number of hydrogen-bond donors (Lipinski definition) is 0. The average Bonchev–Trinajstić information content (AvgIpc) is 2.36. The van der Waals surface area contributed by atoms with Gasteiger partial charge in [-0.2, -0.15) is 0 Å². The predicted octanol–water partition coefficient (Wildman–Crippen LogP) is 4.20. The van der Waals surface area contributed by atoms with E-state index in [0.29, 0.717) is 5.02 Å². The van der Waals surface area contributed by atoms with Crippen LogP contribution in [0.15, 0.2) is 41.1 Å². The fraction of sp³-hybridized carbons (Fsp3) is 0. The van der Waals surface area contributed by atoms with Gasteiger partial charge in [0.2, 0.25) is 0 Å². The number of rotatable bonds is 0. The monoisotopic (exact) mass is 292 g/mol. The van der Waals surface area contributed by atoms with Gasteiger partial charge in [-0.25, -0.2) is 0 Å². The minimum atomic E-state index is 0.684. The number of aromatic nitrogens is 2. The van der Waals surface area contributed by atoms with E-state index in [2.05, 4.69) is 25.9 Å². The van der Waals surface area contributed by atoms with Gasteiger partial charge in [0.25, 0.3) is 0 Å². The molecule has 2 nitrogen and oxygen atoms in total. The number of benzene rings is 1. The standard InChI is InChI=1S/C12H6BrClN2/c13-9-7-3-1-5-15-11(7)12-8(10(9)14)4-2-6-16-12/h1-6H. The second-order valence-corrected chi connectivity index (χ2v) is 4.60. The molecule has 0 saturated carbocycles. The largest absolute Gasteiger partial charge is 0.254 e. The number of fused-ring (bicyclic) bond motifs is 3. The third-order valence-corrected chi connectivity index (χ3v) is 3.95. The van der Waals surface area contributed by atoms with Crippen LogP contribution in [0.25, 0.3) is 21.8 Å². The summed E-state index contributed by atoms with van der Waals surface area (Å²) in [5.74, 6) is 0. The number of halogens is 2. The molecule has 0 radical (unpaired) electrons. The molecule has 0 saturated heterocycles. The molecule has 0 aliphatic heterocycles. The van der Waals surface area contributed by atoms with Crippen LogP contribution in [0.2, 0.25) is 5.02 Å². The van der Waals surface area contributed by atoms with Gasteiger partial charge in [0.15, 0.2) is 0 Å². The smallest absolute Gasteiger partial charge is 0.0980 e. The molecule has 2 heterocycles. The van der Waals surface area contributed by atoms with E-state index in [1.165, 1.54) is 0 Å². The number of hydrogen-bond acceptors (Lipinski definition) is 2. The fourth-order valence-corrected chi connectivity index (χ4v) is 2.57. The minimum absolute atomic E-state index is 0.684. The van der Waals surface area contributed by atoms with Crippen molar-refractivity contribution >= 4 is 49.3 Å². The van der Waals surface area contributed by atoms with Crippen LogP contribution >= 0.6 is 27.5 Å². The molecule has 0 amide bonds. The Labute approximate surface area is 105 Å². The van der Waals surface area contributed by atoms with Crippen LogP contribution in [0.4, 0.5) is 0 Å². The molecule has 0 bridgehead atoms. The van der Waals surface area contributed by atoms with Gasteiger partial charge in [0, 0.05) is 27.6 Å². The highest BCUT2D eigenvalue weighted by molar-refractivity contribution is 9.10. The molecule has 4 heteroatoms. The Balaban J connectivity index is 2.69. The lowest BCUT2D eigenvalue weighted by Gasteiger charge is -2.06. The maximum absolute atomic E-state index is 6.29. The Hall–Kier alpha value is -1.19. The molecule has 0 N–H and O–H groups in total. The Bertz CT molecular complexity index is 636. The van der Waals surface area contributed by atoms with Crippen molar-refractivity contribution in [3.8, 4) is 0 Å². The van der Waals surface area contributed by atoms with Gasteiger partial charge in [0.1, 0.15) is 0 Å². The zero-order valence-corrected chi connectivity index (χ0v) is 10.5. The molecular weight excluding hydrogens is 288 g/mol. The van der Waals surface area contributed by atoms with Crippen molar-refractivity contribution in [1.82, 2.24) is 9.97 Å². The lowest BCUT2D eigenvalue weighted by molar-refractivity contribution is 1.37. The Morgan fingerprint density at radius 2 is 1.50 bits per heavy atom. The summed E-state index contributed by atoms with van der Waals surface area (Å²) in [6, 6.07) is 7.68. The highest BCUT2D eigenvalue weighted by Gasteiger charge is 2.11. The maximum Gasteiger partial charge on any atom is 0.0980 e. The normalized spacial score (nSPS) is 11.1. The van der Waals surface area contributed by atoms with Crippen molar-refractivity contribution in [2.24, 2.45) is 0 Å². The van der Waals surface area contributed by atoms with E-state index in [9.17, 15) is 0 Å².